The van der Waals surface area contributed by atoms with Gasteiger partial charge in [-0.05, 0) is 0 Å². The van der Waals surface area contributed by atoms with Crippen molar-refractivity contribution >= 4 is 30.2 Å². The molecule has 0 saturated carbocycles. The Balaban J connectivity index is 0.000000980. The summed E-state index contributed by atoms with van der Waals surface area (Å²) in [4.78, 5) is 10.2. The molecule has 0 saturated heterocycles. The molecule has 2 aliphatic carbocycles. The van der Waals surface area contributed by atoms with Crippen molar-refractivity contribution in [1.29, 1.82) is 0 Å². The maximum absolute atomic E-state index is 10.2. The zero-order valence-corrected chi connectivity index (χ0v) is 23.4. The van der Waals surface area contributed by atoms with E-state index in [-0.39, 0.29) is 78.6 Å². The van der Waals surface area contributed by atoms with Gasteiger partial charge in [-0.25, -0.2) is 0 Å². The fraction of sp³-hybridized carbons (Fsp3) is 0.400. The van der Waals surface area contributed by atoms with Crippen molar-refractivity contribution in [3.63, 3.8) is 0 Å². The van der Waals surface area contributed by atoms with Gasteiger partial charge in [-0.2, -0.15) is 34.4 Å². The number of benzene rings is 2. The van der Waals surface area contributed by atoms with Gasteiger partial charge in [-0.3, -0.25) is 4.89 Å². The first-order chi connectivity index (χ1) is 11.8. The molecule has 2 aliphatic rings. The minimum Gasteiger partial charge on any atom is -0.427 e. The molecule has 0 aliphatic heterocycles. The molecule has 1 heterocycles. The molecule has 0 unspecified atom stereocenters. The van der Waals surface area contributed by atoms with Crippen molar-refractivity contribution in [3.05, 3.63) is 46.5 Å². The Morgan fingerprint density at radius 3 is 1.65 bits per heavy atom. The SMILES string of the molecule is Op1oc2[c-]cc3c(c2c2c4c(c[c-]c2o1)CCCC4)CCCC3.[Rb+].[Re]. The van der Waals surface area contributed by atoms with Crippen molar-refractivity contribution < 1.29 is 91.9 Å². The Labute approximate surface area is 217 Å². The molecule has 0 amide bonds. The van der Waals surface area contributed by atoms with E-state index in [1.807, 2.05) is 12.1 Å². The quantitative estimate of drug-likeness (QED) is 0.399. The van der Waals surface area contributed by atoms with Crippen LogP contribution in [0.1, 0.15) is 47.9 Å². The van der Waals surface area contributed by atoms with Crippen LogP contribution in [0, 0.1) is 12.1 Å². The second-order valence-corrected chi connectivity index (χ2v) is 7.67. The molecule has 26 heavy (non-hydrogen) atoms. The molecule has 0 fully saturated rings. The van der Waals surface area contributed by atoms with Crippen LogP contribution in [0.4, 0.5) is 0 Å². The van der Waals surface area contributed by atoms with Gasteiger partial charge >= 0.3 is 66.4 Å². The number of fused-ring (bicyclic) bond motifs is 7. The molecule has 0 bridgehead atoms. The molecule has 5 rings (SSSR count). The van der Waals surface area contributed by atoms with E-state index in [1.165, 1.54) is 47.9 Å². The first-order valence-corrected chi connectivity index (χ1v) is 9.92. The number of rotatable bonds is 0. The van der Waals surface area contributed by atoms with Crippen molar-refractivity contribution in [1.82, 2.24) is 0 Å². The molecule has 3 aromatic rings. The summed E-state index contributed by atoms with van der Waals surface area (Å²) in [6.45, 7) is 0. The van der Waals surface area contributed by atoms with Gasteiger partial charge < -0.3 is 8.39 Å². The van der Waals surface area contributed by atoms with E-state index < -0.39 is 8.24 Å². The largest absolute Gasteiger partial charge is 1.00 e. The summed E-state index contributed by atoms with van der Waals surface area (Å²) in [7, 11) is -1.98. The first-order valence-electron chi connectivity index (χ1n) is 8.79. The number of hydrogen-bond donors (Lipinski definition) is 1. The summed E-state index contributed by atoms with van der Waals surface area (Å²) >= 11 is 0. The van der Waals surface area contributed by atoms with Crippen LogP contribution in [0.5, 0.6) is 0 Å². The Morgan fingerprint density at radius 2 is 1.19 bits per heavy atom. The van der Waals surface area contributed by atoms with Gasteiger partial charge in [0.05, 0.1) is 0 Å². The van der Waals surface area contributed by atoms with E-state index in [1.54, 1.807) is 0 Å². The van der Waals surface area contributed by atoms with Crippen LogP contribution in [0.3, 0.4) is 0 Å². The molecular weight excluding hydrogens is 591 g/mol. The molecule has 1 radical (unpaired) electrons. The average molecular weight is 610 g/mol. The van der Waals surface area contributed by atoms with Crippen LogP contribution in [0.2, 0.25) is 0 Å². The van der Waals surface area contributed by atoms with Gasteiger partial charge in [0.1, 0.15) is 0 Å². The summed E-state index contributed by atoms with van der Waals surface area (Å²) < 4.78 is 11.4. The van der Waals surface area contributed by atoms with Gasteiger partial charge in [0.15, 0.2) is 0 Å². The molecule has 6 heteroatoms. The Bertz CT molecular complexity index is 921. The van der Waals surface area contributed by atoms with Crippen molar-refractivity contribution in [3.8, 4) is 0 Å². The standard InChI is InChI=1S/C20H19O3P.Rb.Re/c21-24-22-17-11-9-13-5-1-3-7-15(13)19(17)20-16-8-4-2-6-14(16)10-12-18(20)23-24;;/h9-10,21H,1-8H2;;/q-2;+1;. The molecule has 1 N–H and O–H groups in total. The van der Waals surface area contributed by atoms with Gasteiger partial charge in [-0.1, -0.05) is 51.4 Å². The molecule has 3 nitrogen and oxygen atoms in total. The van der Waals surface area contributed by atoms with E-state index in [0.717, 1.165) is 36.5 Å². The second-order valence-electron chi connectivity index (χ2n) is 6.83. The van der Waals surface area contributed by atoms with Crippen molar-refractivity contribution in [2.24, 2.45) is 0 Å². The molecule has 0 spiro atoms. The zero-order valence-electron chi connectivity index (χ0n) is 14.9. The molecular formula is C20H19O3PRbRe-. The minimum absolute atomic E-state index is 0. The summed E-state index contributed by atoms with van der Waals surface area (Å²) in [5.74, 6) is 0. The summed E-state index contributed by atoms with van der Waals surface area (Å²) in [5.41, 5.74) is 6.75. The molecule has 0 atom stereocenters. The van der Waals surface area contributed by atoms with Crippen LogP contribution < -0.4 is 58.2 Å². The van der Waals surface area contributed by atoms with Gasteiger partial charge in [0.25, 0.3) is 0 Å². The van der Waals surface area contributed by atoms with E-state index in [0.29, 0.717) is 11.2 Å². The minimum atomic E-state index is -1.98. The summed E-state index contributed by atoms with van der Waals surface area (Å²) in [6, 6.07) is 10.6. The predicted molar refractivity (Wildman–Crippen MR) is 94.9 cm³/mol. The van der Waals surface area contributed by atoms with E-state index >= 15 is 0 Å². The monoisotopic (exact) mass is 610 g/mol. The predicted octanol–water partition coefficient (Wildman–Crippen LogP) is 2.40. The van der Waals surface area contributed by atoms with Gasteiger partial charge in [0, 0.05) is 31.6 Å². The first kappa shape index (κ1) is 21.5. The van der Waals surface area contributed by atoms with Crippen LogP contribution in [0.25, 0.3) is 21.9 Å². The fourth-order valence-corrected chi connectivity index (χ4v) is 4.96. The second kappa shape index (κ2) is 9.06. The average Bonchev–Trinajstić information content (AvgIpc) is 2.77. The Kier molecular flexibility index (Phi) is 7.48. The maximum atomic E-state index is 10.2. The van der Waals surface area contributed by atoms with E-state index in [2.05, 4.69) is 12.1 Å². The van der Waals surface area contributed by atoms with Gasteiger partial charge in [-0.15, -0.1) is 22.9 Å². The smallest absolute Gasteiger partial charge is 0.427 e. The van der Waals surface area contributed by atoms with Crippen LogP contribution >= 0.6 is 8.24 Å². The Morgan fingerprint density at radius 1 is 0.769 bits per heavy atom. The zero-order chi connectivity index (χ0) is 16.1. The van der Waals surface area contributed by atoms with Crippen molar-refractivity contribution in [2.75, 3.05) is 0 Å². The number of hydrogen-bond acceptors (Lipinski definition) is 3. The number of aryl methyl sites for hydroxylation is 4. The third-order valence-corrected chi connectivity index (χ3v) is 6.10. The normalized spacial score (nSPS) is 15.6. The van der Waals surface area contributed by atoms with Gasteiger partial charge in [0.2, 0.25) is 0 Å². The topological polar surface area (TPSA) is 46.5 Å². The third kappa shape index (κ3) is 3.79. The third-order valence-electron chi connectivity index (χ3n) is 5.42. The van der Waals surface area contributed by atoms with Crippen LogP contribution in [-0.4, -0.2) is 4.89 Å². The summed E-state index contributed by atoms with van der Waals surface area (Å²) in [5, 5.41) is 2.22. The fourth-order valence-electron chi connectivity index (χ4n) is 4.32. The van der Waals surface area contributed by atoms with Crippen LogP contribution in [0.15, 0.2) is 20.5 Å². The molecule has 1 aromatic heterocycles. The van der Waals surface area contributed by atoms with Crippen LogP contribution in [-0.2, 0) is 46.1 Å². The molecule has 2 aromatic carbocycles. The Hall–Kier alpha value is 0.768. The van der Waals surface area contributed by atoms with Crippen molar-refractivity contribution in [2.45, 2.75) is 51.4 Å². The van der Waals surface area contributed by atoms with E-state index in [9.17, 15) is 4.89 Å². The maximum Gasteiger partial charge on any atom is 1.00 e. The molecule has 131 valence electrons. The van der Waals surface area contributed by atoms with E-state index in [4.69, 9.17) is 8.39 Å². The summed E-state index contributed by atoms with van der Waals surface area (Å²) in [6.07, 6.45) is 9.18.